The third kappa shape index (κ3) is 4.02. The molecule has 0 aliphatic rings. The fraction of sp³-hybridized carbons (Fsp3) is 0.500. The summed E-state index contributed by atoms with van der Waals surface area (Å²) in [4.78, 5) is 8.56. The van der Waals surface area contributed by atoms with Crippen LogP contribution in [0.15, 0.2) is 29.3 Å². The molecule has 0 heterocycles. The Labute approximate surface area is 109 Å². The van der Waals surface area contributed by atoms with Gasteiger partial charge < -0.3 is 9.80 Å². The SMILES string of the molecule is CC(CN=C(N(C)C)N(C)C)c1ccc(F)cc1. The van der Waals surface area contributed by atoms with Gasteiger partial charge in [-0.15, -0.1) is 0 Å². The van der Waals surface area contributed by atoms with Crippen molar-refractivity contribution in [1.82, 2.24) is 9.80 Å². The van der Waals surface area contributed by atoms with Gasteiger partial charge in [0.15, 0.2) is 5.96 Å². The van der Waals surface area contributed by atoms with Gasteiger partial charge in [-0.3, -0.25) is 4.99 Å². The fourth-order valence-electron chi connectivity index (χ4n) is 1.80. The highest BCUT2D eigenvalue weighted by molar-refractivity contribution is 5.79. The van der Waals surface area contributed by atoms with Crippen molar-refractivity contribution in [3.8, 4) is 0 Å². The first-order valence-corrected chi connectivity index (χ1v) is 6.06. The minimum atomic E-state index is -0.197. The van der Waals surface area contributed by atoms with Crippen LogP contribution in [0.4, 0.5) is 4.39 Å². The molecule has 0 saturated carbocycles. The standard InChI is InChI=1S/C14H22FN3/c1-11(12-6-8-13(15)9-7-12)10-16-14(17(2)3)18(4)5/h6-9,11H,10H2,1-5H3. The summed E-state index contributed by atoms with van der Waals surface area (Å²) in [7, 11) is 7.89. The molecule has 1 aromatic rings. The van der Waals surface area contributed by atoms with E-state index in [1.807, 2.05) is 50.1 Å². The van der Waals surface area contributed by atoms with Gasteiger partial charge >= 0.3 is 0 Å². The Hall–Kier alpha value is -1.58. The van der Waals surface area contributed by atoms with Gasteiger partial charge in [-0.1, -0.05) is 19.1 Å². The molecule has 0 N–H and O–H groups in total. The monoisotopic (exact) mass is 251 g/mol. The molecule has 1 unspecified atom stereocenters. The number of rotatable bonds is 3. The summed E-state index contributed by atoms with van der Waals surface area (Å²) in [6.45, 7) is 2.79. The van der Waals surface area contributed by atoms with E-state index in [1.54, 1.807) is 0 Å². The lowest BCUT2D eigenvalue weighted by Gasteiger charge is -2.23. The van der Waals surface area contributed by atoms with Gasteiger partial charge in [-0.05, 0) is 17.7 Å². The Morgan fingerprint density at radius 1 is 1.11 bits per heavy atom. The van der Waals surface area contributed by atoms with Crippen molar-refractivity contribution in [3.05, 3.63) is 35.6 Å². The van der Waals surface area contributed by atoms with Crippen LogP contribution >= 0.6 is 0 Å². The van der Waals surface area contributed by atoms with Gasteiger partial charge in [-0.2, -0.15) is 0 Å². The molecule has 0 amide bonds. The van der Waals surface area contributed by atoms with Crippen LogP contribution in [0.5, 0.6) is 0 Å². The summed E-state index contributed by atoms with van der Waals surface area (Å²) in [5.74, 6) is 1.01. The van der Waals surface area contributed by atoms with Crippen molar-refractivity contribution in [2.75, 3.05) is 34.7 Å². The van der Waals surface area contributed by atoms with Gasteiger partial charge in [-0.25, -0.2) is 4.39 Å². The third-order valence-corrected chi connectivity index (χ3v) is 2.75. The number of hydrogen-bond donors (Lipinski definition) is 0. The van der Waals surface area contributed by atoms with Crippen LogP contribution in [0.25, 0.3) is 0 Å². The maximum Gasteiger partial charge on any atom is 0.195 e. The second kappa shape index (κ2) is 6.38. The second-order valence-electron chi connectivity index (χ2n) is 4.88. The highest BCUT2D eigenvalue weighted by Crippen LogP contribution is 2.16. The maximum atomic E-state index is 12.8. The average Bonchev–Trinajstić information content (AvgIpc) is 2.28. The quantitative estimate of drug-likeness (QED) is 0.607. The molecule has 1 aromatic carbocycles. The molecule has 0 saturated heterocycles. The Balaban J connectivity index is 2.72. The van der Waals surface area contributed by atoms with Crippen molar-refractivity contribution in [3.63, 3.8) is 0 Å². The molecule has 0 radical (unpaired) electrons. The van der Waals surface area contributed by atoms with Crippen LogP contribution in [0, 0.1) is 5.82 Å². The Bertz CT molecular complexity index is 386. The lowest BCUT2D eigenvalue weighted by atomic mass is 10.0. The van der Waals surface area contributed by atoms with E-state index in [4.69, 9.17) is 0 Å². The normalized spacial score (nSPS) is 11.9. The van der Waals surface area contributed by atoms with Crippen molar-refractivity contribution < 1.29 is 4.39 Å². The molecule has 0 fully saturated rings. The van der Waals surface area contributed by atoms with Crippen LogP contribution in [0.3, 0.4) is 0 Å². The lowest BCUT2D eigenvalue weighted by Crippen LogP contribution is -2.35. The molecule has 4 heteroatoms. The molecule has 0 aliphatic carbocycles. The van der Waals surface area contributed by atoms with E-state index in [2.05, 4.69) is 11.9 Å². The first-order chi connectivity index (χ1) is 8.41. The number of halogens is 1. The molecular formula is C14H22FN3. The molecule has 0 bridgehead atoms. The number of aliphatic imine (C=N–C) groups is 1. The largest absolute Gasteiger partial charge is 0.349 e. The smallest absolute Gasteiger partial charge is 0.195 e. The molecule has 0 aromatic heterocycles. The molecular weight excluding hydrogens is 229 g/mol. The number of nitrogens with zero attached hydrogens (tertiary/aromatic N) is 3. The second-order valence-corrected chi connectivity index (χ2v) is 4.88. The first kappa shape index (κ1) is 14.5. The fourth-order valence-corrected chi connectivity index (χ4v) is 1.80. The zero-order valence-electron chi connectivity index (χ0n) is 11.8. The van der Waals surface area contributed by atoms with E-state index in [9.17, 15) is 4.39 Å². The average molecular weight is 251 g/mol. The van der Waals surface area contributed by atoms with E-state index in [0.29, 0.717) is 6.54 Å². The van der Waals surface area contributed by atoms with Crippen molar-refractivity contribution in [2.24, 2.45) is 4.99 Å². The molecule has 3 nitrogen and oxygen atoms in total. The highest BCUT2D eigenvalue weighted by atomic mass is 19.1. The van der Waals surface area contributed by atoms with Gasteiger partial charge in [0.05, 0.1) is 0 Å². The van der Waals surface area contributed by atoms with E-state index in [0.717, 1.165) is 11.5 Å². The number of hydrogen-bond acceptors (Lipinski definition) is 1. The minimum absolute atomic E-state index is 0.197. The predicted molar refractivity (Wildman–Crippen MR) is 74.5 cm³/mol. The summed E-state index contributed by atoms with van der Waals surface area (Å²) in [6, 6.07) is 6.63. The zero-order valence-corrected chi connectivity index (χ0v) is 11.8. The highest BCUT2D eigenvalue weighted by Gasteiger charge is 2.08. The Morgan fingerprint density at radius 3 is 2.06 bits per heavy atom. The molecule has 1 rings (SSSR count). The maximum absolute atomic E-state index is 12.8. The first-order valence-electron chi connectivity index (χ1n) is 6.06. The molecule has 100 valence electrons. The van der Waals surface area contributed by atoms with Gasteiger partial charge in [0, 0.05) is 40.7 Å². The van der Waals surface area contributed by atoms with Crippen molar-refractivity contribution in [2.45, 2.75) is 12.8 Å². The van der Waals surface area contributed by atoms with E-state index < -0.39 is 0 Å². The topological polar surface area (TPSA) is 18.8 Å². The summed E-state index contributed by atoms with van der Waals surface area (Å²) in [6.07, 6.45) is 0. The summed E-state index contributed by atoms with van der Waals surface area (Å²) in [5.41, 5.74) is 1.11. The van der Waals surface area contributed by atoms with Crippen LogP contribution in [0.2, 0.25) is 0 Å². The van der Waals surface area contributed by atoms with E-state index in [-0.39, 0.29) is 11.7 Å². The van der Waals surface area contributed by atoms with E-state index in [1.165, 1.54) is 12.1 Å². The number of benzene rings is 1. The minimum Gasteiger partial charge on any atom is -0.349 e. The summed E-state index contributed by atoms with van der Waals surface area (Å²) < 4.78 is 12.8. The third-order valence-electron chi connectivity index (χ3n) is 2.75. The van der Waals surface area contributed by atoms with Crippen molar-refractivity contribution in [1.29, 1.82) is 0 Å². The molecule has 18 heavy (non-hydrogen) atoms. The zero-order chi connectivity index (χ0) is 13.7. The summed E-state index contributed by atoms with van der Waals surface area (Å²) in [5, 5.41) is 0. The Kier molecular flexibility index (Phi) is 5.13. The van der Waals surface area contributed by atoms with Crippen LogP contribution < -0.4 is 0 Å². The van der Waals surface area contributed by atoms with Gasteiger partial charge in [0.2, 0.25) is 0 Å². The van der Waals surface area contributed by atoms with E-state index >= 15 is 0 Å². The Morgan fingerprint density at radius 2 is 1.61 bits per heavy atom. The van der Waals surface area contributed by atoms with Gasteiger partial charge in [0.25, 0.3) is 0 Å². The predicted octanol–water partition coefficient (Wildman–Crippen LogP) is 2.41. The van der Waals surface area contributed by atoms with Crippen molar-refractivity contribution >= 4 is 5.96 Å². The summed E-state index contributed by atoms with van der Waals surface area (Å²) >= 11 is 0. The van der Waals surface area contributed by atoms with Crippen LogP contribution in [-0.4, -0.2) is 50.5 Å². The van der Waals surface area contributed by atoms with Crippen LogP contribution in [-0.2, 0) is 0 Å². The molecule has 0 spiro atoms. The molecule has 1 atom stereocenters. The number of guanidine groups is 1. The lowest BCUT2D eigenvalue weighted by molar-refractivity contribution is 0.478. The van der Waals surface area contributed by atoms with Crippen LogP contribution in [0.1, 0.15) is 18.4 Å². The molecule has 0 aliphatic heterocycles. The van der Waals surface area contributed by atoms with Gasteiger partial charge in [0.1, 0.15) is 5.82 Å².